The molecular formula is C44H35F5N12OS2. The summed E-state index contributed by atoms with van der Waals surface area (Å²) in [5, 5.41) is 10.1. The van der Waals surface area contributed by atoms with Crippen molar-refractivity contribution in [2.24, 2.45) is 33.3 Å². The number of amidine groups is 2. The lowest BCUT2D eigenvalue weighted by Gasteiger charge is -2.34. The molecule has 6 atom stereocenters. The van der Waals surface area contributed by atoms with E-state index in [4.69, 9.17) is 24.6 Å². The molecule has 20 heteroatoms. The van der Waals surface area contributed by atoms with Gasteiger partial charge in [0.2, 0.25) is 11.4 Å². The average Bonchev–Trinajstić information content (AvgIpc) is 4.24. The van der Waals surface area contributed by atoms with Gasteiger partial charge in [-0.25, -0.2) is 61.6 Å². The number of alkyl halides is 3. The number of rotatable bonds is 10. The van der Waals surface area contributed by atoms with Crippen LogP contribution in [0, 0.1) is 36.6 Å². The monoisotopic (exact) mass is 906 g/mol. The molecule has 0 spiro atoms. The Morgan fingerprint density at radius 1 is 0.641 bits per heavy atom. The minimum atomic E-state index is -1.54. The van der Waals surface area contributed by atoms with E-state index in [2.05, 4.69) is 49.6 Å². The number of pyridine rings is 2. The molecule has 0 unspecified atom stereocenters. The van der Waals surface area contributed by atoms with Crippen molar-refractivity contribution in [3.05, 3.63) is 142 Å². The van der Waals surface area contributed by atoms with Crippen molar-refractivity contribution in [2.45, 2.75) is 46.3 Å². The Labute approximate surface area is 370 Å². The molecule has 5 N–H and O–H groups in total. The third kappa shape index (κ3) is 7.23. The summed E-state index contributed by atoms with van der Waals surface area (Å²) >= 11 is 2.34. The lowest BCUT2D eigenvalue weighted by atomic mass is 9.83. The third-order valence-corrected chi connectivity index (χ3v) is 15.0. The molecule has 324 valence electrons. The van der Waals surface area contributed by atoms with Gasteiger partial charge in [-0.05, 0) is 60.4 Å². The van der Waals surface area contributed by atoms with Gasteiger partial charge in [0.15, 0.2) is 10.3 Å². The molecular weight excluding hydrogens is 872 g/mol. The van der Waals surface area contributed by atoms with Crippen LogP contribution in [0.3, 0.4) is 0 Å². The topological polar surface area (TPSA) is 183 Å². The first-order valence-electron chi connectivity index (χ1n) is 19.8. The van der Waals surface area contributed by atoms with Gasteiger partial charge in [-0.1, -0.05) is 35.7 Å². The van der Waals surface area contributed by atoms with Gasteiger partial charge in [-0.2, -0.15) is 0 Å². The molecule has 0 bridgehead atoms. The van der Waals surface area contributed by atoms with Gasteiger partial charge >= 0.3 is 0 Å². The molecule has 0 saturated heterocycles. The number of aromatic nitrogens is 6. The fourth-order valence-corrected chi connectivity index (χ4v) is 11.6. The summed E-state index contributed by atoms with van der Waals surface area (Å²) in [5.74, 6) is -2.00. The molecule has 10 rings (SSSR count). The molecule has 0 radical (unpaired) electrons. The summed E-state index contributed by atoms with van der Waals surface area (Å²) in [6.45, 7) is 11.5. The maximum Gasteiger partial charge on any atom is 0.207 e. The number of aliphatic hydroxyl groups is 1. The van der Waals surface area contributed by atoms with Gasteiger partial charge in [0.1, 0.15) is 66.4 Å². The molecule has 0 amide bonds. The van der Waals surface area contributed by atoms with Crippen LogP contribution in [0.15, 0.2) is 83.6 Å². The van der Waals surface area contributed by atoms with Gasteiger partial charge < -0.3 is 16.6 Å². The largest absolute Gasteiger partial charge is 0.395 e. The summed E-state index contributed by atoms with van der Waals surface area (Å²) in [7, 11) is 0. The second kappa shape index (κ2) is 16.3. The van der Waals surface area contributed by atoms with Crippen molar-refractivity contribution in [3.8, 4) is 0 Å². The highest BCUT2D eigenvalue weighted by Crippen LogP contribution is 2.67. The number of hydrogen-bond acceptors (Lipinski definition) is 13. The van der Waals surface area contributed by atoms with Crippen LogP contribution in [0.5, 0.6) is 0 Å². The predicted octanol–water partition coefficient (Wildman–Crippen LogP) is 7.54. The smallest absolute Gasteiger partial charge is 0.207 e. The van der Waals surface area contributed by atoms with E-state index in [0.29, 0.717) is 75.2 Å². The summed E-state index contributed by atoms with van der Waals surface area (Å²) < 4.78 is 71.3. The quantitative estimate of drug-likeness (QED) is 0.0912. The van der Waals surface area contributed by atoms with Crippen molar-refractivity contribution in [1.82, 2.24) is 29.9 Å². The number of aliphatic hydroxyl groups excluding tert-OH is 1. The van der Waals surface area contributed by atoms with Crippen LogP contribution >= 0.6 is 23.5 Å². The summed E-state index contributed by atoms with van der Waals surface area (Å²) in [6, 6.07) is 12.2. The molecule has 13 nitrogen and oxygen atoms in total. The summed E-state index contributed by atoms with van der Waals surface area (Å²) in [5.41, 5.74) is 14.5. The number of nitrogens with zero attached hydrogens (tertiary/aromatic N) is 10. The fraction of sp³-hybridized carbons (Fsp3) is 0.318. The van der Waals surface area contributed by atoms with E-state index >= 15 is 0 Å². The number of hydrogen-bond donors (Lipinski definition) is 3. The van der Waals surface area contributed by atoms with Crippen LogP contribution in [-0.2, 0) is 23.9 Å². The number of thioether (sulfide) groups is 2. The van der Waals surface area contributed by atoms with Gasteiger partial charge in [0.25, 0.3) is 0 Å². The fourth-order valence-electron chi connectivity index (χ4n) is 9.05. The normalized spacial score (nSPS) is 26.3. The van der Waals surface area contributed by atoms with Crippen molar-refractivity contribution in [3.63, 3.8) is 0 Å². The van der Waals surface area contributed by atoms with Crippen molar-refractivity contribution in [1.29, 1.82) is 0 Å². The Kier molecular flexibility index (Phi) is 11.0. The van der Waals surface area contributed by atoms with Crippen LogP contribution in [0.1, 0.15) is 46.5 Å². The molecule has 6 heterocycles. The summed E-state index contributed by atoms with van der Waals surface area (Å²) in [4.78, 5) is 41.0. The molecule has 4 aliphatic rings. The van der Waals surface area contributed by atoms with E-state index in [1.807, 2.05) is 0 Å². The molecule has 2 aliphatic carbocycles. The van der Waals surface area contributed by atoms with E-state index in [-0.39, 0.29) is 40.4 Å². The highest BCUT2D eigenvalue weighted by Gasteiger charge is 2.69. The molecule has 2 fully saturated rings. The van der Waals surface area contributed by atoms with Crippen LogP contribution < -0.4 is 11.5 Å². The number of aliphatic imine (C=N–C) groups is 2. The van der Waals surface area contributed by atoms with Gasteiger partial charge in [-0.15, -0.1) is 0 Å². The second-order valence-electron chi connectivity index (χ2n) is 16.1. The lowest BCUT2D eigenvalue weighted by Crippen LogP contribution is -2.41. The van der Waals surface area contributed by atoms with Crippen LogP contribution in [-0.4, -0.2) is 81.5 Å². The second-order valence-corrected chi connectivity index (χ2v) is 19.0. The standard InChI is InChI=1S/C22H17F3N6S.C22H18F2N6OS/c1-27-13-6-17-19(28-8-13)16(29-11-30-17)5-12-2-3-15(25)14(4-12)22(10-24)18-7-21(18,9-23)32-20(26)31-22;1-26-13-6-17-19(27-8-13)16(28-11-29-17)5-12-2-3-15(24)14(4-12)22(9-23)18-7-21(18,10-31)32-20(25)30-22/h2-4,6,8,11,18H,5,7,9-10H2,(H2,26,31);2-4,6,8,11,18,31H,5,7,9-10H2,(H2,25,30)/t2*18-,21-,22-/m11/s1. The number of fused-ring (bicyclic) bond motifs is 4. The van der Waals surface area contributed by atoms with E-state index in [1.165, 1.54) is 48.9 Å². The van der Waals surface area contributed by atoms with Gasteiger partial charge in [-0.3, -0.25) is 9.97 Å². The molecule has 64 heavy (non-hydrogen) atoms. The third-order valence-electron chi connectivity index (χ3n) is 12.4. The number of benzene rings is 2. The average molecular weight is 907 g/mol. The first-order valence-corrected chi connectivity index (χ1v) is 21.4. The van der Waals surface area contributed by atoms with Crippen LogP contribution in [0.2, 0.25) is 0 Å². The highest BCUT2D eigenvalue weighted by molar-refractivity contribution is 8.15. The molecule has 2 saturated carbocycles. The zero-order chi connectivity index (χ0) is 45.0. The number of nitrogens with two attached hydrogens (primary N) is 2. The van der Waals surface area contributed by atoms with E-state index in [9.17, 15) is 27.1 Å². The Morgan fingerprint density at radius 2 is 1.09 bits per heavy atom. The van der Waals surface area contributed by atoms with Crippen LogP contribution in [0.25, 0.3) is 31.8 Å². The minimum Gasteiger partial charge on any atom is -0.395 e. The van der Waals surface area contributed by atoms with E-state index in [0.717, 1.165) is 11.8 Å². The number of halogens is 5. The Hall–Kier alpha value is -6.35. The van der Waals surface area contributed by atoms with E-state index in [1.54, 1.807) is 36.4 Å². The Balaban J connectivity index is 0.000000162. The highest BCUT2D eigenvalue weighted by atomic mass is 32.2. The van der Waals surface area contributed by atoms with Crippen molar-refractivity contribution < 1.29 is 27.1 Å². The SMILES string of the molecule is [C-]#[N+]c1cnc2c(Cc3ccc(F)c([C@@]4(CF)N=C(N)S[C@@]5(CF)C[C@H]54)c3)ncnc2c1.[C-]#[N+]c1cnc2c(Cc3ccc(F)c([C@@]4(CF)N=C(N)S[C@@]5(CO)C[C@H]54)c3)ncnc2c1. The maximum atomic E-state index is 15.0. The summed E-state index contributed by atoms with van der Waals surface area (Å²) in [6.07, 6.45) is 7.15. The first-order chi connectivity index (χ1) is 30.9. The van der Waals surface area contributed by atoms with Crippen molar-refractivity contribution in [2.75, 3.05) is 26.6 Å². The minimum absolute atomic E-state index is 0.0699. The van der Waals surface area contributed by atoms with Gasteiger partial charge in [0.05, 0.1) is 51.7 Å². The van der Waals surface area contributed by atoms with Crippen molar-refractivity contribution >= 4 is 67.3 Å². The molecule has 4 aromatic heterocycles. The zero-order valence-corrected chi connectivity index (χ0v) is 35.2. The van der Waals surface area contributed by atoms with E-state index < -0.39 is 58.1 Å². The Morgan fingerprint density at radius 3 is 1.53 bits per heavy atom. The first kappa shape index (κ1) is 42.9. The zero-order valence-electron chi connectivity index (χ0n) is 33.5. The predicted molar refractivity (Wildman–Crippen MR) is 234 cm³/mol. The molecule has 2 aliphatic heterocycles. The molecule has 6 aromatic rings. The Bertz CT molecular complexity index is 2820. The maximum absolute atomic E-state index is 15.0. The molecule has 2 aromatic carbocycles. The lowest BCUT2D eigenvalue weighted by molar-refractivity contribution is 0.231. The van der Waals surface area contributed by atoms with Gasteiger partial charge in [0, 0.05) is 48.2 Å². The van der Waals surface area contributed by atoms with Crippen LogP contribution in [0.4, 0.5) is 33.3 Å².